The van der Waals surface area contributed by atoms with Crippen molar-refractivity contribution in [3.63, 3.8) is 0 Å². The number of aromatic nitrogens is 1. The van der Waals surface area contributed by atoms with Crippen LogP contribution in [-0.2, 0) is 4.79 Å². The minimum atomic E-state index is -0.928. The van der Waals surface area contributed by atoms with Gasteiger partial charge in [0.05, 0.1) is 5.39 Å². The molecule has 0 radical (unpaired) electrons. The summed E-state index contributed by atoms with van der Waals surface area (Å²) in [6, 6.07) is 4.35. The topological polar surface area (TPSA) is 75.4 Å². The van der Waals surface area contributed by atoms with E-state index in [9.17, 15) is 4.79 Å². The monoisotopic (exact) mass is 268 g/mol. The number of carbonyl (C=O) groups is 1. The second-order valence-electron chi connectivity index (χ2n) is 4.38. The molecule has 0 aliphatic carbocycles. The molecule has 2 N–H and O–H groups in total. The molecular weight excluding hydrogens is 256 g/mol. The number of nitrogens with zero attached hydrogens (tertiary/aromatic N) is 1. The first-order valence-electron chi connectivity index (χ1n) is 5.53. The molecule has 1 aromatic heterocycles. The molecule has 96 valence electrons. The van der Waals surface area contributed by atoms with Crippen molar-refractivity contribution in [2.24, 2.45) is 5.92 Å². The Labute approximate surface area is 109 Å². The third-order valence-electron chi connectivity index (χ3n) is 2.66. The summed E-state index contributed by atoms with van der Waals surface area (Å²) in [6.45, 7) is 3.64. The van der Waals surface area contributed by atoms with Crippen molar-refractivity contribution in [1.82, 2.24) is 5.16 Å². The van der Waals surface area contributed by atoms with Crippen LogP contribution in [0, 0.1) is 5.92 Å². The number of hydrogen-bond acceptors (Lipinski definition) is 4. The van der Waals surface area contributed by atoms with Gasteiger partial charge < -0.3 is 14.9 Å². The molecule has 1 heterocycles. The van der Waals surface area contributed by atoms with E-state index >= 15 is 0 Å². The SMILES string of the molecule is CC(C)[C@H](Nc1noc2ccc(Cl)cc12)C(=O)O. The van der Waals surface area contributed by atoms with Crippen LogP contribution in [0.5, 0.6) is 0 Å². The molecule has 0 spiro atoms. The quantitative estimate of drug-likeness (QED) is 0.891. The van der Waals surface area contributed by atoms with Gasteiger partial charge in [-0.3, -0.25) is 0 Å². The van der Waals surface area contributed by atoms with Gasteiger partial charge in [-0.15, -0.1) is 0 Å². The van der Waals surface area contributed by atoms with Crippen LogP contribution in [0.4, 0.5) is 5.82 Å². The van der Waals surface area contributed by atoms with Gasteiger partial charge in [-0.2, -0.15) is 0 Å². The minimum absolute atomic E-state index is 0.0755. The normalized spacial score (nSPS) is 12.9. The number of nitrogens with one attached hydrogen (secondary N) is 1. The van der Waals surface area contributed by atoms with Crippen molar-refractivity contribution >= 4 is 34.4 Å². The van der Waals surface area contributed by atoms with E-state index in [0.29, 0.717) is 21.8 Å². The molecule has 0 amide bonds. The molecule has 2 aromatic rings. The average molecular weight is 269 g/mol. The molecule has 18 heavy (non-hydrogen) atoms. The van der Waals surface area contributed by atoms with E-state index in [4.69, 9.17) is 21.2 Å². The van der Waals surface area contributed by atoms with Crippen LogP contribution in [0.2, 0.25) is 5.02 Å². The van der Waals surface area contributed by atoms with E-state index in [1.54, 1.807) is 18.2 Å². The van der Waals surface area contributed by atoms with Crippen LogP contribution in [0.15, 0.2) is 22.7 Å². The zero-order chi connectivity index (χ0) is 13.3. The molecular formula is C12H13ClN2O3. The summed E-state index contributed by atoms with van der Waals surface area (Å²) >= 11 is 5.90. The Morgan fingerprint density at radius 1 is 1.50 bits per heavy atom. The second-order valence-corrected chi connectivity index (χ2v) is 4.81. The lowest BCUT2D eigenvalue weighted by Gasteiger charge is -2.17. The van der Waals surface area contributed by atoms with Gasteiger partial charge in [-0.25, -0.2) is 4.79 Å². The number of rotatable bonds is 4. The summed E-state index contributed by atoms with van der Waals surface area (Å²) in [4.78, 5) is 11.1. The van der Waals surface area contributed by atoms with Crippen LogP contribution >= 0.6 is 11.6 Å². The Kier molecular flexibility index (Phi) is 3.43. The fraction of sp³-hybridized carbons (Fsp3) is 0.333. The summed E-state index contributed by atoms with van der Waals surface area (Å²) < 4.78 is 5.10. The van der Waals surface area contributed by atoms with Crippen molar-refractivity contribution in [3.8, 4) is 0 Å². The third kappa shape index (κ3) is 2.41. The molecule has 2 rings (SSSR count). The van der Waals surface area contributed by atoms with Gasteiger partial charge in [0, 0.05) is 5.02 Å². The smallest absolute Gasteiger partial charge is 0.326 e. The molecule has 0 unspecified atom stereocenters. The van der Waals surface area contributed by atoms with E-state index in [-0.39, 0.29) is 5.92 Å². The average Bonchev–Trinajstić information content (AvgIpc) is 2.67. The van der Waals surface area contributed by atoms with Gasteiger partial charge in [0.2, 0.25) is 0 Å². The van der Waals surface area contributed by atoms with Crippen LogP contribution in [-0.4, -0.2) is 22.3 Å². The zero-order valence-corrected chi connectivity index (χ0v) is 10.7. The van der Waals surface area contributed by atoms with Crippen LogP contribution in [0.3, 0.4) is 0 Å². The molecule has 0 saturated carbocycles. The standard InChI is InChI=1S/C12H13ClN2O3/c1-6(2)10(12(16)17)14-11-8-5-7(13)3-4-9(8)18-15-11/h3-6,10H,1-2H3,(H,14,15)(H,16,17)/t10-/m0/s1. The van der Waals surface area contributed by atoms with Gasteiger partial charge in [-0.1, -0.05) is 30.6 Å². The largest absolute Gasteiger partial charge is 0.480 e. The van der Waals surface area contributed by atoms with Crippen molar-refractivity contribution < 1.29 is 14.4 Å². The first kappa shape index (κ1) is 12.7. The molecule has 5 nitrogen and oxygen atoms in total. The maximum Gasteiger partial charge on any atom is 0.326 e. The first-order valence-corrected chi connectivity index (χ1v) is 5.91. The number of benzene rings is 1. The summed E-state index contributed by atoms with van der Waals surface area (Å²) in [7, 11) is 0. The Morgan fingerprint density at radius 2 is 2.22 bits per heavy atom. The van der Waals surface area contributed by atoms with E-state index in [1.807, 2.05) is 13.8 Å². The van der Waals surface area contributed by atoms with Gasteiger partial charge in [-0.05, 0) is 24.1 Å². The molecule has 0 bridgehead atoms. The Bertz CT molecular complexity index is 580. The highest BCUT2D eigenvalue weighted by Crippen LogP contribution is 2.27. The highest BCUT2D eigenvalue weighted by molar-refractivity contribution is 6.31. The molecule has 0 fully saturated rings. The number of carboxylic acids is 1. The molecule has 1 atom stereocenters. The fourth-order valence-corrected chi connectivity index (χ4v) is 1.85. The lowest BCUT2D eigenvalue weighted by atomic mass is 10.0. The lowest BCUT2D eigenvalue weighted by Crippen LogP contribution is -2.34. The highest BCUT2D eigenvalue weighted by atomic mass is 35.5. The summed E-state index contributed by atoms with van der Waals surface area (Å²) in [5.74, 6) is -0.606. The number of aliphatic carboxylic acids is 1. The maximum atomic E-state index is 11.1. The van der Waals surface area contributed by atoms with Gasteiger partial charge in [0.1, 0.15) is 6.04 Å². The summed E-state index contributed by atoms with van der Waals surface area (Å²) in [6.07, 6.45) is 0. The second kappa shape index (κ2) is 4.86. The van der Waals surface area contributed by atoms with Crippen molar-refractivity contribution in [3.05, 3.63) is 23.2 Å². The number of fused-ring (bicyclic) bond motifs is 1. The minimum Gasteiger partial charge on any atom is -0.480 e. The fourth-order valence-electron chi connectivity index (χ4n) is 1.68. The van der Waals surface area contributed by atoms with E-state index in [1.165, 1.54) is 0 Å². The number of halogens is 1. The van der Waals surface area contributed by atoms with E-state index in [2.05, 4.69) is 10.5 Å². The van der Waals surface area contributed by atoms with Gasteiger partial charge >= 0.3 is 5.97 Å². The van der Waals surface area contributed by atoms with Crippen LogP contribution in [0.1, 0.15) is 13.8 Å². The van der Waals surface area contributed by atoms with Crippen molar-refractivity contribution in [1.29, 1.82) is 0 Å². The summed E-state index contributed by atoms with van der Waals surface area (Å²) in [5, 5.41) is 17.0. The molecule has 6 heteroatoms. The first-order chi connectivity index (χ1) is 8.49. The maximum absolute atomic E-state index is 11.1. The highest BCUT2D eigenvalue weighted by Gasteiger charge is 2.23. The Hall–Kier alpha value is -1.75. The van der Waals surface area contributed by atoms with Crippen LogP contribution in [0.25, 0.3) is 11.0 Å². The van der Waals surface area contributed by atoms with E-state index in [0.717, 1.165) is 0 Å². The molecule has 0 saturated heterocycles. The predicted molar refractivity (Wildman–Crippen MR) is 68.9 cm³/mol. The van der Waals surface area contributed by atoms with Crippen LogP contribution < -0.4 is 5.32 Å². The zero-order valence-electron chi connectivity index (χ0n) is 9.98. The van der Waals surface area contributed by atoms with Crippen molar-refractivity contribution in [2.75, 3.05) is 5.32 Å². The molecule has 0 aliphatic rings. The Morgan fingerprint density at radius 3 is 2.83 bits per heavy atom. The molecule has 1 aromatic carbocycles. The van der Waals surface area contributed by atoms with Crippen molar-refractivity contribution in [2.45, 2.75) is 19.9 Å². The summed E-state index contributed by atoms with van der Waals surface area (Å²) in [5.41, 5.74) is 0.565. The number of carboxylic acid groups (broad SMARTS) is 1. The third-order valence-corrected chi connectivity index (χ3v) is 2.89. The van der Waals surface area contributed by atoms with E-state index < -0.39 is 12.0 Å². The van der Waals surface area contributed by atoms with Gasteiger partial charge in [0.25, 0.3) is 0 Å². The van der Waals surface area contributed by atoms with Gasteiger partial charge in [0.15, 0.2) is 11.4 Å². The molecule has 0 aliphatic heterocycles. The Balaban J connectivity index is 2.36. The number of anilines is 1. The number of hydrogen-bond donors (Lipinski definition) is 2. The predicted octanol–water partition coefficient (Wildman–Crippen LogP) is 3.00. The lowest BCUT2D eigenvalue weighted by molar-refractivity contribution is -0.138.